The fourth-order valence-corrected chi connectivity index (χ4v) is 1.25. The van der Waals surface area contributed by atoms with E-state index in [1.54, 1.807) is 6.07 Å². The van der Waals surface area contributed by atoms with Crippen LogP contribution in [0.15, 0.2) is 18.2 Å². The summed E-state index contributed by atoms with van der Waals surface area (Å²) in [7, 11) is 0. The van der Waals surface area contributed by atoms with Gasteiger partial charge in [0.05, 0.1) is 0 Å². The van der Waals surface area contributed by atoms with Crippen LogP contribution in [0, 0.1) is 0 Å². The van der Waals surface area contributed by atoms with Crippen LogP contribution < -0.4 is 5.73 Å². The smallest absolute Gasteiger partial charge is 0.130 e. The summed E-state index contributed by atoms with van der Waals surface area (Å²) in [4.78, 5) is 0. The Morgan fingerprint density at radius 1 is 1.54 bits per heavy atom. The van der Waals surface area contributed by atoms with Crippen LogP contribution in [0.1, 0.15) is 18.2 Å². The van der Waals surface area contributed by atoms with Crippen molar-refractivity contribution in [3.05, 3.63) is 28.8 Å². The summed E-state index contributed by atoms with van der Waals surface area (Å²) in [6, 6.07) is 4.33. The molecule has 0 amide bonds. The second kappa shape index (κ2) is 4.44. The average molecular weight is 204 g/mol. The molecular formula is C9H11ClFNO. The fourth-order valence-electron chi connectivity index (χ4n) is 1.08. The van der Waals surface area contributed by atoms with Gasteiger partial charge in [-0.15, -0.1) is 0 Å². The van der Waals surface area contributed by atoms with Crippen molar-refractivity contribution in [3.63, 3.8) is 0 Å². The van der Waals surface area contributed by atoms with E-state index in [0.717, 1.165) is 0 Å². The molecule has 0 saturated carbocycles. The first kappa shape index (κ1) is 10.3. The van der Waals surface area contributed by atoms with E-state index >= 15 is 0 Å². The largest absolute Gasteiger partial charge is 0.508 e. The Labute approximate surface area is 81.1 Å². The molecule has 0 aliphatic heterocycles. The minimum atomic E-state index is -1.22. The first-order valence-corrected chi connectivity index (χ1v) is 4.35. The molecule has 0 fully saturated rings. The number of aromatic hydroxyl groups is 1. The molecule has 1 unspecified atom stereocenters. The summed E-state index contributed by atoms with van der Waals surface area (Å²) in [5.41, 5.74) is 5.44. The van der Waals surface area contributed by atoms with Crippen LogP contribution in [0.3, 0.4) is 0 Å². The average Bonchev–Trinajstić information content (AvgIpc) is 2.04. The lowest BCUT2D eigenvalue weighted by Gasteiger charge is -2.08. The van der Waals surface area contributed by atoms with Gasteiger partial charge in [0.2, 0.25) is 0 Å². The number of nitrogens with two attached hydrogens (primary N) is 1. The molecule has 4 heteroatoms. The zero-order valence-corrected chi connectivity index (χ0v) is 7.76. The summed E-state index contributed by atoms with van der Waals surface area (Å²) in [6.45, 7) is 0.253. The molecule has 0 saturated heterocycles. The van der Waals surface area contributed by atoms with Gasteiger partial charge < -0.3 is 10.8 Å². The van der Waals surface area contributed by atoms with Crippen molar-refractivity contribution < 1.29 is 9.50 Å². The SMILES string of the molecule is NCCC(F)c1ccc(Cl)cc1O. The minimum absolute atomic E-state index is 0.117. The van der Waals surface area contributed by atoms with Crippen LogP contribution in [0.4, 0.5) is 4.39 Å². The zero-order valence-electron chi connectivity index (χ0n) is 7.00. The van der Waals surface area contributed by atoms with E-state index in [9.17, 15) is 9.50 Å². The molecule has 13 heavy (non-hydrogen) atoms. The van der Waals surface area contributed by atoms with Crippen molar-refractivity contribution in [1.82, 2.24) is 0 Å². The normalized spacial score (nSPS) is 12.8. The summed E-state index contributed by atoms with van der Waals surface area (Å²) >= 11 is 5.59. The van der Waals surface area contributed by atoms with Gasteiger partial charge in [-0.25, -0.2) is 4.39 Å². The van der Waals surface area contributed by atoms with E-state index < -0.39 is 6.17 Å². The lowest BCUT2D eigenvalue weighted by molar-refractivity contribution is 0.316. The number of phenols is 1. The van der Waals surface area contributed by atoms with E-state index in [4.69, 9.17) is 17.3 Å². The summed E-state index contributed by atoms with van der Waals surface area (Å²) < 4.78 is 13.2. The minimum Gasteiger partial charge on any atom is -0.508 e. The molecule has 0 aromatic heterocycles. The summed E-state index contributed by atoms with van der Waals surface area (Å²) in [5.74, 6) is -0.117. The number of rotatable bonds is 3. The lowest BCUT2D eigenvalue weighted by Crippen LogP contribution is -2.03. The first-order chi connectivity index (χ1) is 6.15. The molecule has 0 radical (unpaired) electrons. The van der Waals surface area contributed by atoms with E-state index in [-0.39, 0.29) is 24.3 Å². The molecule has 0 bridgehead atoms. The van der Waals surface area contributed by atoms with Gasteiger partial charge in [-0.05, 0) is 25.1 Å². The molecule has 0 heterocycles. The number of benzene rings is 1. The van der Waals surface area contributed by atoms with Gasteiger partial charge in [-0.1, -0.05) is 17.7 Å². The molecule has 1 aromatic rings. The number of halogens is 2. The topological polar surface area (TPSA) is 46.2 Å². The van der Waals surface area contributed by atoms with Crippen molar-refractivity contribution in [3.8, 4) is 5.75 Å². The molecule has 72 valence electrons. The third kappa shape index (κ3) is 2.57. The molecule has 1 aromatic carbocycles. The maximum atomic E-state index is 13.2. The highest BCUT2D eigenvalue weighted by Gasteiger charge is 2.13. The van der Waals surface area contributed by atoms with Gasteiger partial charge in [0.25, 0.3) is 0 Å². The number of hydrogen-bond acceptors (Lipinski definition) is 2. The van der Waals surface area contributed by atoms with Crippen LogP contribution in [0.5, 0.6) is 5.75 Å². The third-order valence-electron chi connectivity index (χ3n) is 1.75. The second-order valence-electron chi connectivity index (χ2n) is 2.75. The standard InChI is InChI=1S/C9H11ClFNO/c10-6-1-2-7(9(13)5-6)8(11)3-4-12/h1-2,5,8,13H,3-4,12H2. The maximum absolute atomic E-state index is 13.2. The molecule has 1 atom stereocenters. The second-order valence-corrected chi connectivity index (χ2v) is 3.18. The molecule has 0 spiro atoms. The van der Waals surface area contributed by atoms with E-state index in [0.29, 0.717) is 5.02 Å². The Morgan fingerprint density at radius 3 is 2.77 bits per heavy atom. The highest BCUT2D eigenvalue weighted by Crippen LogP contribution is 2.30. The molecular weight excluding hydrogens is 193 g/mol. The van der Waals surface area contributed by atoms with E-state index in [1.807, 2.05) is 0 Å². The summed E-state index contributed by atoms with van der Waals surface area (Å²) in [6.07, 6.45) is -1.02. The fraction of sp³-hybridized carbons (Fsp3) is 0.333. The number of hydrogen-bond donors (Lipinski definition) is 2. The zero-order chi connectivity index (χ0) is 9.84. The van der Waals surface area contributed by atoms with Crippen LogP contribution in [-0.4, -0.2) is 11.7 Å². The van der Waals surface area contributed by atoms with Crippen LogP contribution in [0.25, 0.3) is 0 Å². The van der Waals surface area contributed by atoms with Gasteiger partial charge in [-0.3, -0.25) is 0 Å². The van der Waals surface area contributed by atoms with Crippen molar-refractivity contribution in [1.29, 1.82) is 0 Å². The van der Waals surface area contributed by atoms with Crippen molar-refractivity contribution in [2.24, 2.45) is 5.73 Å². The lowest BCUT2D eigenvalue weighted by atomic mass is 10.1. The van der Waals surface area contributed by atoms with E-state index in [2.05, 4.69) is 0 Å². The summed E-state index contributed by atoms with van der Waals surface area (Å²) in [5, 5.41) is 9.71. The monoisotopic (exact) mass is 203 g/mol. The van der Waals surface area contributed by atoms with E-state index in [1.165, 1.54) is 12.1 Å². The quantitative estimate of drug-likeness (QED) is 0.793. The van der Waals surface area contributed by atoms with Crippen LogP contribution in [0.2, 0.25) is 5.02 Å². The highest BCUT2D eigenvalue weighted by atomic mass is 35.5. The van der Waals surface area contributed by atoms with Gasteiger partial charge in [-0.2, -0.15) is 0 Å². The number of phenolic OH excluding ortho intramolecular Hbond substituents is 1. The molecule has 0 aliphatic rings. The predicted octanol–water partition coefficient (Wildman–Crippen LogP) is 2.41. The number of alkyl halides is 1. The van der Waals surface area contributed by atoms with Crippen LogP contribution >= 0.6 is 11.6 Å². The Kier molecular flexibility index (Phi) is 3.51. The molecule has 0 aliphatic carbocycles. The van der Waals surface area contributed by atoms with Gasteiger partial charge >= 0.3 is 0 Å². The Morgan fingerprint density at radius 2 is 2.23 bits per heavy atom. The van der Waals surface area contributed by atoms with Gasteiger partial charge in [0.1, 0.15) is 11.9 Å². The van der Waals surface area contributed by atoms with Crippen molar-refractivity contribution in [2.45, 2.75) is 12.6 Å². The van der Waals surface area contributed by atoms with Crippen molar-refractivity contribution >= 4 is 11.6 Å². The maximum Gasteiger partial charge on any atom is 0.130 e. The third-order valence-corrected chi connectivity index (χ3v) is 1.99. The Hall–Kier alpha value is -0.800. The highest BCUT2D eigenvalue weighted by molar-refractivity contribution is 6.30. The predicted molar refractivity (Wildman–Crippen MR) is 50.6 cm³/mol. The Bertz CT molecular complexity index is 293. The molecule has 2 nitrogen and oxygen atoms in total. The Balaban J connectivity index is 2.88. The van der Waals surface area contributed by atoms with Gasteiger partial charge in [0.15, 0.2) is 0 Å². The molecule has 1 rings (SSSR count). The van der Waals surface area contributed by atoms with Gasteiger partial charge in [0, 0.05) is 10.6 Å². The van der Waals surface area contributed by atoms with Crippen LogP contribution in [-0.2, 0) is 0 Å². The van der Waals surface area contributed by atoms with Crippen molar-refractivity contribution in [2.75, 3.05) is 6.54 Å². The first-order valence-electron chi connectivity index (χ1n) is 3.97. The molecule has 3 N–H and O–H groups in total.